The van der Waals surface area contributed by atoms with Crippen LogP contribution in [0.5, 0.6) is 17.2 Å². The van der Waals surface area contributed by atoms with Crippen molar-refractivity contribution >= 4 is 16.9 Å². The number of hydrogen-bond donors (Lipinski definition) is 0. The van der Waals surface area contributed by atoms with Crippen LogP contribution in [0, 0.1) is 6.92 Å². The Kier molecular flexibility index (Phi) is 6.14. The van der Waals surface area contributed by atoms with Gasteiger partial charge in [0.1, 0.15) is 11.3 Å². The number of fused-ring (bicyclic) bond motifs is 2. The molecule has 0 saturated heterocycles. The van der Waals surface area contributed by atoms with E-state index in [0.29, 0.717) is 46.7 Å². The van der Waals surface area contributed by atoms with Crippen LogP contribution in [0.3, 0.4) is 0 Å². The van der Waals surface area contributed by atoms with E-state index in [4.69, 9.17) is 18.6 Å². The molecule has 0 aliphatic carbocycles. The number of benzene rings is 3. The number of carbonyl (C=O) groups excluding carboxylic acids is 1. The third-order valence-corrected chi connectivity index (χ3v) is 6.62. The van der Waals surface area contributed by atoms with Crippen LogP contribution in [0.2, 0.25) is 0 Å². The minimum absolute atomic E-state index is 0.0940. The summed E-state index contributed by atoms with van der Waals surface area (Å²) in [6, 6.07) is 18.0. The molecule has 0 bridgehead atoms. The molecular formula is C29H27NO6. The number of amides is 1. The van der Waals surface area contributed by atoms with Gasteiger partial charge < -0.3 is 23.5 Å². The molecule has 5 rings (SSSR count). The molecule has 0 spiro atoms. The highest BCUT2D eigenvalue weighted by Crippen LogP contribution is 2.39. The largest absolute Gasteiger partial charge is 0.497 e. The van der Waals surface area contributed by atoms with Crippen molar-refractivity contribution in [1.82, 2.24) is 4.90 Å². The van der Waals surface area contributed by atoms with Gasteiger partial charge in [0, 0.05) is 6.54 Å². The maximum Gasteiger partial charge on any atom is 0.290 e. The summed E-state index contributed by atoms with van der Waals surface area (Å²) in [6.07, 6.45) is 0.549. The second kappa shape index (κ2) is 9.41. The van der Waals surface area contributed by atoms with Crippen molar-refractivity contribution in [2.45, 2.75) is 19.4 Å². The number of carbonyl (C=O) groups is 1. The molecule has 0 saturated carbocycles. The molecule has 1 aliphatic rings. The number of aryl methyl sites for hydroxylation is 1. The van der Waals surface area contributed by atoms with Crippen LogP contribution in [0.1, 0.15) is 38.9 Å². The minimum Gasteiger partial charge on any atom is -0.497 e. The lowest BCUT2D eigenvalue weighted by molar-refractivity contribution is 0.0730. The quantitative estimate of drug-likeness (QED) is 0.370. The molecule has 7 nitrogen and oxygen atoms in total. The molecule has 0 fully saturated rings. The molecule has 2 heterocycles. The Morgan fingerprint density at radius 2 is 1.69 bits per heavy atom. The summed E-state index contributed by atoms with van der Waals surface area (Å²) < 4.78 is 22.2. The lowest BCUT2D eigenvalue weighted by atomic mass is 9.97. The molecule has 0 unspecified atom stereocenters. The van der Waals surface area contributed by atoms with Crippen molar-refractivity contribution in [3.63, 3.8) is 0 Å². The van der Waals surface area contributed by atoms with E-state index >= 15 is 0 Å². The fraction of sp³-hybridized carbons (Fsp3) is 0.241. The van der Waals surface area contributed by atoms with E-state index in [1.165, 1.54) is 0 Å². The Balaban J connectivity index is 1.60. The lowest BCUT2D eigenvalue weighted by Gasteiger charge is -2.25. The summed E-state index contributed by atoms with van der Waals surface area (Å²) in [5, 5.41) is 0.469. The number of methoxy groups -OCH3 is 3. The standard InChI is InChI=1S/C29H27NO6/c1-17-8-10-22-21(14-17)27(31)25-26(19-6-5-7-20(16-19)33-2)30(29(32)28(25)36-22)13-12-18-9-11-23(34-3)24(15-18)35-4/h5-11,14-16,26H,12-13H2,1-4H3/t26-/m0/s1. The van der Waals surface area contributed by atoms with Gasteiger partial charge in [-0.1, -0.05) is 29.8 Å². The Morgan fingerprint density at radius 1 is 0.889 bits per heavy atom. The van der Waals surface area contributed by atoms with Crippen LogP contribution in [0.15, 0.2) is 69.9 Å². The maximum absolute atomic E-state index is 13.7. The Morgan fingerprint density at radius 3 is 2.44 bits per heavy atom. The van der Waals surface area contributed by atoms with Crippen molar-refractivity contribution in [3.8, 4) is 17.2 Å². The van der Waals surface area contributed by atoms with E-state index in [-0.39, 0.29) is 17.1 Å². The second-order valence-corrected chi connectivity index (χ2v) is 8.79. The minimum atomic E-state index is -0.594. The molecule has 1 atom stereocenters. The van der Waals surface area contributed by atoms with E-state index in [1.807, 2.05) is 55.5 Å². The SMILES string of the molecule is COc1cccc([C@H]2c3c(oc4ccc(C)cc4c3=O)C(=O)N2CCc2ccc(OC)c(OC)c2)c1. The molecule has 1 aromatic heterocycles. The first-order valence-corrected chi connectivity index (χ1v) is 11.7. The van der Waals surface area contributed by atoms with E-state index in [0.717, 1.165) is 16.7 Å². The van der Waals surface area contributed by atoms with Crippen molar-refractivity contribution < 1.29 is 23.4 Å². The van der Waals surface area contributed by atoms with Crippen molar-refractivity contribution in [3.05, 3.63) is 98.9 Å². The molecule has 7 heteroatoms. The smallest absolute Gasteiger partial charge is 0.290 e. The zero-order chi connectivity index (χ0) is 25.4. The third kappa shape index (κ3) is 3.96. The van der Waals surface area contributed by atoms with Gasteiger partial charge in [0.25, 0.3) is 5.91 Å². The molecular weight excluding hydrogens is 458 g/mol. The number of hydrogen-bond acceptors (Lipinski definition) is 6. The highest BCUT2D eigenvalue weighted by Gasteiger charge is 2.42. The summed E-state index contributed by atoms with van der Waals surface area (Å²) in [5.74, 6) is 1.69. The molecule has 184 valence electrons. The van der Waals surface area contributed by atoms with E-state index in [2.05, 4.69) is 0 Å². The summed E-state index contributed by atoms with van der Waals surface area (Å²) in [5.41, 5.74) is 3.28. The molecule has 3 aromatic carbocycles. The number of rotatable bonds is 7. The second-order valence-electron chi connectivity index (χ2n) is 8.79. The van der Waals surface area contributed by atoms with Crippen LogP contribution >= 0.6 is 0 Å². The summed E-state index contributed by atoms with van der Waals surface area (Å²) in [4.78, 5) is 29.1. The van der Waals surface area contributed by atoms with Crippen molar-refractivity contribution in [2.75, 3.05) is 27.9 Å². The molecule has 36 heavy (non-hydrogen) atoms. The highest BCUT2D eigenvalue weighted by atomic mass is 16.5. The molecule has 0 N–H and O–H groups in total. The first-order valence-electron chi connectivity index (χ1n) is 11.7. The van der Waals surface area contributed by atoms with Gasteiger partial charge in [0.15, 0.2) is 16.9 Å². The number of nitrogens with zero attached hydrogens (tertiary/aromatic N) is 1. The fourth-order valence-electron chi connectivity index (χ4n) is 4.81. The predicted molar refractivity (Wildman–Crippen MR) is 136 cm³/mol. The van der Waals surface area contributed by atoms with Crippen LogP contribution in [0.25, 0.3) is 11.0 Å². The van der Waals surface area contributed by atoms with Gasteiger partial charge in [-0.05, 0) is 60.9 Å². The maximum atomic E-state index is 13.7. The van der Waals surface area contributed by atoms with Crippen LogP contribution in [0.4, 0.5) is 0 Å². The van der Waals surface area contributed by atoms with Gasteiger partial charge in [-0.3, -0.25) is 9.59 Å². The monoisotopic (exact) mass is 485 g/mol. The lowest BCUT2D eigenvalue weighted by Crippen LogP contribution is -2.31. The topological polar surface area (TPSA) is 78.2 Å². The summed E-state index contributed by atoms with van der Waals surface area (Å²) >= 11 is 0. The van der Waals surface area contributed by atoms with Crippen LogP contribution in [-0.4, -0.2) is 38.7 Å². The van der Waals surface area contributed by atoms with Crippen LogP contribution < -0.4 is 19.6 Å². The molecule has 4 aromatic rings. The van der Waals surface area contributed by atoms with E-state index in [9.17, 15) is 9.59 Å². The summed E-state index contributed by atoms with van der Waals surface area (Å²) in [6.45, 7) is 2.29. The van der Waals surface area contributed by atoms with Gasteiger partial charge in [-0.2, -0.15) is 0 Å². The number of ether oxygens (including phenoxy) is 3. The average Bonchev–Trinajstić information content (AvgIpc) is 3.19. The highest BCUT2D eigenvalue weighted by molar-refractivity contribution is 5.99. The normalized spacial score (nSPS) is 14.7. The van der Waals surface area contributed by atoms with E-state index < -0.39 is 6.04 Å². The first kappa shape index (κ1) is 23.5. The van der Waals surface area contributed by atoms with Crippen molar-refractivity contribution in [1.29, 1.82) is 0 Å². The predicted octanol–water partition coefficient (Wildman–Crippen LogP) is 4.92. The van der Waals surface area contributed by atoms with Gasteiger partial charge in [0.05, 0.1) is 38.3 Å². The van der Waals surface area contributed by atoms with Gasteiger partial charge in [0.2, 0.25) is 5.76 Å². The van der Waals surface area contributed by atoms with Gasteiger partial charge in [-0.15, -0.1) is 0 Å². The summed E-state index contributed by atoms with van der Waals surface area (Å²) in [7, 11) is 4.77. The molecule has 1 aliphatic heterocycles. The fourth-order valence-corrected chi connectivity index (χ4v) is 4.81. The zero-order valence-electron chi connectivity index (χ0n) is 20.7. The molecule has 1 amide bonds. The zero-order valence-corrected chi connectivity index (χ0v) is 20.7. The van der Waals surface area contributed by atoms with Gasteiger partial charge >= 0.3 is 0 Å². The Labute approximate surface area is 208 Å². The Hall–Kier alpha value is -4.26. The van der Waals surface area contributed by atoms with Crippen molar-refractivity contribution in [2.24, 2.45) is 0 Å². The molecule has 0 radical (unpaired) electrons. The average molecular weight is 486 g/mol. The Bertz CT molecular complexity index is 1520. The van der Waals surface area contributed by atoms with E-state index in [1.54, 1.807) is 38.4 Å². The third-order valence-electron chi connectivity index (χ3n) is 6.62. The van der Waals surface area contributed by atoms with Crippen LogP contribution in [-0.2, 0) is 6.42 Å². The van der Waals surface area contributed by atoms with Gasteiger partial charge in [-0.25, -0.2) is 0 Å². The first-order chi connectivity index (χ1) is 17.4.